The Labute approximate surface area is 236 Å². The molecule has 2 atom stereocenters. The van der Waals surface area contributed by atoms with Gasteiger partial charge in [0.1, 0.15) is 6.61 Å². The average molecular weight is 590 g/mol. The molecular weight excluding hydrogens is 567 g/mol. The third-order valence-corrected chi connectivity index (χ3v) is 8.84. The summed E-state index contributed by atoms with van der Waals surface area (Å²) in [6, 6.07) is 9.00. The minimum absolute atomic E-state index is 0.000988. The van der Waals surface area contributed by atoms with Crippen LogP contribution in [0, 0.1) is 0 Å². The van der Waals surface area contributed by atoms with Crippen LogP contribution in [0.4, 0.5) is 13.2 Å². The van der Waals surface area contributed by atoms with Crippen LogP contribution in [0.3, 0.4) is 0 Å². The fourth-order valence-electron chi connectivity index (χ4n) is 5.62. The number of halogens is 4. The quantitative estimate of drug-likeness (QED) is 0.432. The Morgan fingerprint density at radius 3 is 2.75 bits per heavy atom. The van der Waals surface area contributed by atoms with Crippen LogP contribution < -0.4 is 0 Å². The Hall–Kier alpha value is -3.35. The number of aromatic amines is 1. The first-order valence-electron chi connectivity index (χ1n) is 12.5. The van der Waals surface area contributed by atoms with Gasteiger partial charge >= 0.3 is 6.18 Å². The molecule has 0 saturated carbocycles. The van der Waals surface area contributed by atoms with Gasteiger partial charge < -0.3 is 14.5 Å². The van der Waals surface area contributed by atoms with Gasteiger partial charge in [-0.1, -0.05) is 23.7 Å². The Morgan fingerprint density at radius 1 is 1.20 bits per heavy atom. The molecule has 2 bridgehead atoms. The monoisotopic (exact) mass is 589 g/mol. The summed E-state index contributed by atoms with van der Waals surface area (Å²) in [5, 5.41) is 8.13. The number of rotatable bonds is 5. The van der Waals surface area contributed by atoms with Crippen LogP contribution in [0.2, 0.25) is 5.02 Å². The molecule has 1 aromatic heterocycles. The number of aliphatic imine (C=N–C) groups is 1. The molecule has 2 fully saturated rings. The number of amides is 2. The van der Waals surface area contributed by atoms with Crippen LogP contribution in [0.1, 0.15) is 23.1 Å². The highest BCUT2D eigenvalue weighted by Gasteiger charge is 2.48. The van der Waals surface area contributed by atoms with E-state index in [1.165, 1.54) is 31.0 Å². The Balaban J connectivity index is 1.35. The first kappa shape index (κ1) is 26.9. The summed E-state index contributed by atoms with van der Waals surface area (Å²) < 4.78 is 46.9. The van der Waals surface area contributed by atoms with Gasteiger partial charge in [-0.3, -0.25) is 14.7 Å². The number of ether oxygens (including phenoxy) is 1. The lowest BCUT2D eigenvalue weighted by molar-refractivity contribution is -0.138. The zero-order chi connectivity index (χ0) is 28.2. The number of H-pyrrole nitrogens is 1. The summed E-state index contributed by atoms with van der Waals surface area (Å²) in [4.78, 5) is 34.1. The predicted octanol–water partition coefficient (Wildman–Crippen LogP) is 4.75. The molecule has 4 heterocycles. The fourth-order valence-corrected chi connectivity index (χ4v) is 6.89. The molecule has 40 heavy (non-hydrogen) atoms. The van der Waals surface area contributed by atoms with E-state index in [0.29, 0.717) is 29.4 Å². The number of piperazine rings is 1. The number of hydrogen-bond acceptors (Lipinski definition) is 6. The van der Waals surface area contributed by atoms with Crippen molar-refractivity contribution < 1.29 is 27.5 Å². The lowest BCUT2D eigenvalue weighted by Gasteiger charge is -2.34. The largest absolute Gasteiger partial charge is 0.416 e. The number of likely N-dealkylation sites (tertiary alicyclic amines) is 2. The van der Waals surface area contributed by atoms with Crippen molar-refractivity contribution >= 4 is 56.8 Å². The number of nitrogens with one attached hydrogen (secondary N) is 1. The first-order valence-corrected chi connectivity index (χ1v) is 13.7. The van der Waals surface area contributed by atoms with E-state index in [0.717, 1.165) is 23.4 Å². The molecule has 0 aliphatic carbocycles. The number of carbonyl (C=O) groups excluding carboxylic acids is 2. The number of allylic oxidation sites excluding steroid dienone is 1. The molecule has 8 nitrogen and oxygen atoms in total. The van der Waals surface area contributed by atoms with E-state index in [1.54, 1.807) is 29.3 Å². The van der Waals surface area contributed by atoms with E-state index in [1.807, 2.05) is 4.90 Å². The van der Waals surface area contributed by atoms with E-state index in [-0.39, 0.29) is 46.5 Å². The number of amidine groups is 1. The van der Waals surface area contributed by atoms with E-state index in [4.69, 9.17) is 16.3 Å². The summed E-state index contributed by atoms with van der Waals surface area (Å²) in [6.45, 7) is 1.04. The normalized spacial score (nSPS) is 22.0. The molecular formula is C27H23ClF3N5O3S. The molecule has 0 radical (unpaired) electrons. The van der Waals surface area contributed by atoms with Gasteiger partial charge in [0, 0.05) is 30.6 Å². The lowest BCUT2D eigenvalue weighted by atomic mass is 9.93. The van der Waals surface area contributed by atoms with Gasteiger partial charge in [-0.25, -0.2) is 0 Å². The Kier molecular flexibility index (Phi) is 6.87. The van der Waals surface area contributed by atoms with Crippen molar-refractivity contribution in [2.24, 2.45) is 4.99 Å². The smallest absolute Gasteiger partial charge is 0.375 e. The third-order valence-electron chi connectivity index (χ3n) is 7.47. The van der Waals surface area contributed by atoms with Crippen LogP contribution in [0.25, 0.3) is 16.5 Å². The molecule has 2 aromatic carbocycles. The Bertz CT molecular complexity index is 1590. The van der Waals surface area contributed by atoms with Gasteiger partial charge in [-0.15, -0.1) is 0 Å². The topological polar surface area (TPSA) is 90.9 Å². The fraction of sp³-hybridized carbons (Fsp3) is 0.333. The lowest BCUT2D eigenvalue weighted by Crippen LogP contribution is -2.50. The van der Waals surface area contributed by atoms with E-state index < -0.39 is 17.6 Å². The molecule has 1 N–H and O–H groups in total. The van der Waals surface area contributed by atoms with Gasteiger partial charge in [0.05, 0.1) is 34.3 Å². The maximum absolute atomic E-state index is 14.0. The number of thioether (sulfide) groups is 1. The van der Waals surface area contributed by atoms with Gasteiger partial charge in [0.25, 0.3) is 5.91 Å². The highest BCUT2D eigenvalue weighted by atomic mass is 35.5. The van der Waals surface area contributed by atoms with E-state index in [9.17, 15) is 22.8 Å². The molecule has 13 heteroatoms. The van der Waals surface area contributed by atoms with Crippen LogP contribution in [-0.4, -0.2) is 75.9 Å². The molecule has 0 spiro atoms. The van der Waals surface area contributed by atoms with Crippen molar-refractivity contribution in [1.82, 2.24) is 20.0 Å². The number of carbonyl (C=O) groups is 2. The van der Waals surface area contributed by atoms with Crippen molar-refractivity contribution in [3.05, 3.63) is 69.2 Å². The van der Waals surface area contributed by atoms with E-state index >= 15 is 0 Å². The number of nitrogens with zero attached hydrogens (tertiary/aromatic N) is 4. The van der Waals surface area contributed by atoms with Crippen molar-refractivity contribution in [1.29, 1.82) is 0 Å². The maximum atomic E-state index is 14.0. The van der Waals surface area contributed by atoms with Crippen molar-refractivity contribution in [2.45, 2.75) is 31.1 Å². The van der Waals surface area contributed by atoms with Gasteiger partial charge in [-0.2, -0.15) is 23.3 Å². The van der Waals surface area contributed by atoms with Crippen LogP contribution >= 0.6 is 23.4 Å². The van der Waals surface area contributed by atoms with Gasteiger partial charge in [-0.05, 0) is 65.6 Å². The van der Waals surface area contributed by atoms with Crippen molar-refractivity contribution in [3.8, 4) is 0 Å². The summed E-state index contributed by atoms with van der Waals surface area (Å²) in [5.41, 5.74) is 0.950. The summed E-state index contributed by atoms with van der Waals surface area (Å²) >= 11 is 7.08. The summed E-state index contributed by atoms with van der Waals surface area (Å²) in [7, 11) is 1.48. The number of benzene rings is 2. The zero-order valence-corrected chi connectivity index (χ0v) is 22.7. The second kappa shape index (κ2) is 10.2. The third kappa shape index (κ3) is 4.88. The SMILES string of the molecule is COCC(=O)N1CC2CC1CN2C1=NC(=O)C(=C(Cc2ccc(Cl)cc2C(F)(F)F)c2ccc3[nH]ncc3c2)S1. The number of hydrogen-bond donors (Lipinski definition) is 1. The highest BCUT2D eigenvalue weighted by molar-refractivity contribution is 8.18. The zero-order valence-electron chi connectivity index (χ0n) is 21.2. The predicted molar refractivity (Wildman–Crippen MR) is 146 cm³/mol. The molecule has 2 unspecified atom stereocenters. The molecule has 3 aliphatic rings. The van der Waals surface area contributed by atoms with Crippen molar-refractivity contribution in [2.75, 3.05) is 26.8 Å². The molecule has 6 rings (SSSR count). The second-order valence-electron chi connectivity index (χ2n) is 9.93. The van der Waals surface area contributed by atoms with Crippen LogP contribution in [0.15, 0.2) is 52.5 Å². The molecule has 3 aliphatic heterocycles. The molecule has 2 saturated heterocycles. The van der Waals surface area contributed by atoms with Gasteiger partial charge in [0.2, 0.25) is 5.91 Å². The van der Waals surface area contributed by atoms with Gasteiger partial charge in [0.15, 0.2) is 5.17 Å². The molecule has 2 amide bonds. The second-order valence-corrected chi connectivity index (χ2v) is 11.3. The van der Waals surface area contributed by atoms with E-state index in [2.05, 4.69) is 15.2 Å². The minimum Gasteiger partial charge on any atom is -0.375 e. The maximum Gasteiger partial charge on any atom is 0.416 e. The number of aromatic nitrogens is 2. The first-order chi connectivity index (χ1) is 19.1. The summed E-state index contributed by atoms with van der Waals surface area (Å²) in [5.74, 6) is -0.576. The Morgan fingerprint density at radius 2 is 2.02 bits per heavy atom. The van der Waals surface area contributed by atoms with Crippen LogP contribution in [-0.2, 0) is 26.9 Å². The number of alkyl halides is 3. The number of methoxy groups -OCH3 is 1. The highest BCUT2D eigenvalue weighted by Crippen LogP contribution is 2.43. The molecule has 3 aromatic rings. The average Bonchev–Trinajstić information content (AvgIpc) is 3.70. The van der Waals surface area contributed by atoms with Crippen molar-refractivity contribution in [3.63, 3.8) is 0 Å². The minimum atomic E-state index is -4.63. The standard InChI is InChI=1S/C27H23ClF3N5O3S/c1-39-13-23(37)35-11-19-9-18(35)12-36(19)26-33-25(38)24(40-26)20(14-3-5-22-16(6-14)10-32-34-22)7-15-2-4-17(28)8-21(15)27(29,30)31/h2-6,8,10,18-19H,7,9,11-13H2,1H3,(H,32,34). The molecule has 208 valence electrons. The van der Waals surface area contributed by atoms with Crippen LogP contribution in [0.5, 0.6) is 0 Å². The summed E-state index contributed by atoms with van der Waals surface area (Å²) in [6.07, 6.45) is -2.41. The number of fused-ring (bicyclic) bond motifs is 3.